The van der Waals surface area contributed by atoms with Crippen molar-refractivity contribution in [2.75, 3.05) is 5.73 Å². The lowest BCUT2D eigenvalue weighted by Gasteiger charge is -2.11. The maximum Gasteiger partial charge on any atom is 0.267 e. The first-order chi connectivity index (χ1) is 15.0. The quantitative estimate of drug-likeness (QED) is 0.415. The van der Waals surface area contributed by atoms with E-state index in [0.717, 1.165) is 45.9 Å². The molecule has 1 aliphatic rings. The molecule has 0 amide bonds. The maximum absolute atomic E-state index is 13.1. The molecule has 2 aromatic carbocycles. The van der Waals surface area contributed by atoms with Gasteiger partial charge < -0.3 is 5.73 Å². The van der Waals surface area contributed by atoms with Crippen LogP contribution in [-0.4, -0.2) is 21.8 Å². The predicted molar refractivity (Wildman–Crippen MR) is 123 cm³/mol. The van der Waals surface area contributed by atoms with Crippen LogP contribution in [-0.2, 0) is 22.9 Å². The summed E-state index contributed by atoms with van der Waals surface area (Å²) in [5, 5.41) is 0. The van der Waals surface area contributed by atoms with Crippen LogP contribution in [0.3, 0.4) is 0 Å². The zero-order valence-electron chi connectivity index (χ0n) is 16.4. The van der Waals surface area contributed by atoms with Gasteiger partial charge in [-0.25, -0.2) is 17.4 Å². The molecule has 0 saturated heterocycles. The third kappa shape index (κ3) is 2.83. The molecule has 3 aromatic heterocycles. The Morgan fingerprint density at radius 2 is 1.71 bits per heavy atom. The Morgan fingerprint density at radius 3 is 2.48 bits per heavy atom. The van der Waals surface area contributed by atoms with E-state index in [1.807, 2.05) is 36.5 Å². The monoisotopic (exact) mass is 446 g/mol. The summed E-state index contributed by atoms with van der Waals surface area (Å²) >= 11 is 1.66. The first-order valence-corrected chi connectivity index (χ1v) is 12.1. The standard InChI is InChI=1S/C23H18N4O2S2/c24-17-9-6-15(7-10-17)20-14-27-22-19-13-26(31(28,29)18-4-2-1-3-5-18)12-16(19)8-11-21(22)30-23(27)25-20/h1-7,9-10,12-14H,8,11,24H2. The number of fused-ring (bicyclic) bond motifs is 5. The number of aromatic nitrogens is 3. The molecule has 1 aliphatic carbocycles. The lowest BCUT2D eigenvalue weighted by atomic mass is 9.98. The van der Waals surface area contributed by atoms with Crippen LogP contribution in [0, 0.1) is 0 Å². The molecule has 8 heteroatoms. The molecule has 6 rings (SSSR count). The van der Waals surface area contributed by atoms with E-state index in [4.69, 9.17) is 10.7 Å². The number of anilines is 1. The van der Waals surface area contributed by atoms with E-state index in [2.05, 4.69) is 4.40 Å². The minimum atomic E-state index is -3.63. The minimum Gasteiger partial charge on any atom is -0.399 e. The number of aryl methyl sites for hydroxylation is 2. The molecule has 0 radical (unpaired) electrons. The van der Waals surface area contributed by atoms with Gasteiger partial charge in [0.1, 0.15) is 0 Å². The van der Waals surface area contributed by atoms with E-state index < -0.39 is 10.0 Å². The molecule has 3 heterocycles. The fourth-order valence-corrected chi connectivity index (χ4v) is 6.49. The molecule has 0 saturated carbocycles. The van der Waals surface area contributed by atoms with Crippen LogP contribution in [0.2, 0.25) is 0 Å². The highest BCUT2D eigenvalue weighted by molar-refractivity contribution is 7.90. The third-order valence-corrected chi connectivity index (χ3v) is 8.43. The molecule has 31 heavy (non-hydrogen) atoms. The molecule has 0 spiro atoms. The summed E-state index contributed by atoms with van der Waals surface area (Å²) in [7, 11) is -3.63. The Bertz CT molecular complexity index is 1540. The first-order valence-electron chi connectivity index (χ1n) is 9.89. The van der Waals surface area contributed by atoms with Gasteiger partial charge in [0.25, 0.3) is 10.0 Å². The van der Waals surface area contributed by atoms with Crippen molar-refractivity contribution < 1.29 is 8.42 Å². The van der Waals surface area contributed by atoms with Gasteiger partial charge in [0.15, 0.2) is 4.96 Å². The van der Waals surface area contributed by atoms with Gasteiger partial charge in [-0.1, -0.05) is 30.3 Å². The van der Waals surface area contributed by atoms with Crippen LogP contribution in [0.5, 0.6) is 0 Å². The predicted octanol–water partition coefficient (Wildman–Crippen LogP) is 4.45. The van der Waals surface area contributed by atoms with E-state index in [1.165, 1.54) is 8.85 Å². The number of benzene rings is 2. The second kappa shape index (κ2) is 6.57. The van der Waals surface area contributed by atoms with E-state index in [0.29, 0.717) is 5.69 Å². The van der Waals surface area contributed by atoms with E-state index in [9.17, 15) is 8.42 Å². The van der Waals surface area contributed by atoms with Gasteiger partial charge in [-0.05, 0) is 42.7 Å². The van der Waals surface area contributed by atoms with Gasteiger partial charge in [-0.2, -0.15) is 0 Å². The zero-order valence-corrected chi connectivity index (χ0v) is 18.0. The minimum absolute atomic E-state index is 0.284. The number of nitrogens with zero attached hydrogens (tertiary/aromatic N) is 3. The molecule has 2 N–H and O–H groups in total. The van der Waals surface area contributed by atoms with Gasteiger partial charge in [0.2, 0.25) is 0 Å². The summed E-state index contributed by atoms with van der Waals surface area (Å²) in [4.78, 5) is 7.23. The number of hydrogen-bond acceptors (Lipinski definition) is 5. The lowest BCUT2D eigenvalue weighted by Crippen LogP contribution is -2.10. The summed E-state index contributed by atoms with van der Waals surface area (Å²) in [6.45, 7) is 0. The van der Waals surface area contributed by atoms with Crippen LogP contribution in [0.4, 0.5) is 5.69 Å². The molecule has 5 aromatic rings. The van der Waals surface area contributed by atoms with E-state index in [-0.39, 0.29) is 4.90 Å². The van der Waals surface area contributed by atoms with Crippen molar-refractivity contribution in [2.45, 2.75) is 17.7 Å². The Labute approximate surface area is 183 Å². The average molecular weight is 447 g/mol. The van der Waals surface area contributed by atoms with Crippen LogP contribution in [0.15, 0.2) is 78.1 Å². The van der Waals surface area contributed by atoms with Crippen LogP contribution >= 0.6 is 11.3 Å². The van der Waals surface area contributed by atoms with Crippen LogP contribution in [0.1, 0.15) is 10.4 Å². The smallest absolute Gasteiger partial charge is 0.267 e. The number of nitrogen functional groups attached to an aromatic ring is 1. The second-order valence-corrected chi connectivity index (χ2v) is 10.5. The van der Waals surface area contributed by atoms with E-state index in [1.54, 1.807) is 48.0 Å². The van der Waals surface area contributed by atoms with Crippen LogP contribution < -0.4 is 5.73 Å². The van der Waals surface area contributed by atoms with Crippen molar-refractivity contribution in [3.8, 4) is 22.5 Å². The van der Waals surface area contributed by atoms with Crippen molar-refractivity contribution in [1.29, 1.82) is 0 Å². The average Bonchev–Trinajstić information content (AvgIpc) is 3.47. The number of imidazole rings is 1. The first kappa shape index (κ1) is 18.4. The van der Waals surface area contributed by atoms with Crippen molar-refractivity contribution in [2.24, 2.45) is 0 Å². The number of rotatable bonds is 3. The lowest BCUT2D eigenvalue weighted by molar-refractivity contribution is 0.587. The Hall–Kier alpha value is -3.36. The SMILES string of the molecule is Nc1ccc(-c2cn3c4c(sc3n2)CCc2cn(S(=O)(=O)c3ccccc3)cc2-4)cc1. The van der Waals surface area contributed by atoms with Gasteiger partial charge in [-0.15, -0.1) is 11.3 Å². The fraction of sp³-hybridized carbons (Fsp3) is 0.0870. The molecule has 0 bridgehead atoms. The molecule has 0 unspecified atom stereocenters. The highest BCUT2D eigenvalue weighted by Gasteiger charge is 2.27. The van der Waals surface area contributed by atoms with E-state index >= 15 is 0 Å². The second-order valence-electron chi connectivity index (χ2n) is 7.62. The Kier molecular flexibility index (Phi) is 3.90. The molecular formula is C23H18N4O2S2. The van der Waals surface area contributed by atoms with Crippen LogP contribution in [0.25, 0.3) is 27.5 Å². The summed E-state index contributed by atoms with van der Waals surface area (Å²) < 4.78 is 29.7. The molecule has 6 nitrogen and oxygen atoms in total. The van der Waals surface area contributed by atoms with Crippen molar-refractivity contribution in [3.63, 3.8) is 0 Å². The highest BCUT2D eigenvalue weighted by Crippen LogP contribution is 2.40. The summed E-state index contributed by atoms with van der Waals surface area (Å²) in [6, 6.07) is 16.2. The maximum atomic E-state index is 13.1. The largest absolute Gasteiger partial charge is 0.399 e. The van der Waals surface area contributed by atoms with Crippen molar-refractivity contribution in [3.05, 3.63) is 83.6 Å². The van der Waals surface area contributed by atoms with Gasteiger partial charge in [-0.3, -0.25) is 4.40 Å². The van der Waals surface area contributed by atoms with Crippen molar-refractivity contribution >= 4 is 32.0 Å². The molecule has 154 valence electrons. The number of hydrogen-bond donors (Lipinski definition) is 1. The fourth-order valence-electron chi connectivity index (χ4n) is 4.11. The Morgan fingerprint density at radius 1 is 0.935 bits per heavy atom. The Balaban J connectivity index is 1.49. The highest BCUT2D eigenvalue weighted by atomic mass is 32.2. The summed E-state index contributed by atoms with van der Waals surface area (Å²) in [6.07, 6.45) is 7.21. The molecule has 0 aliphatic heterocycles. The van der Waals surface area contributed by atoms with Gasteiger partial charge in [0, 0.05) is 40.3 Å². The molecule has 0 atom stereocenters. The zero-order chi connectivity index (χ0) is 21.2. The van der Waals surface area contributed by atoms with Gasteiger partial charge in [0.05, 0.1) is 16.3 Å². The third-order valence-electron chi connectivity index (χ3n) is 5.68. The summed E-state index contributed by atoms with van der Waals surface area (Å²) in [5.41, 5.74) is 11.4. The topological polar surface area (TPSA) is 82.4 Å². The molecule has 0 fully saturated rings. The van der Waals surface area contributed by atoms with Crippen molar-refractivity contribution in [1.82, 2.24) is 13.4 Å². The number of thiazole rings is 1. The number of nitrogens with two attached hydrogens (primary N) is 1. The normalized spacial score (nSPS) is 13.3. The molecular weight excluding hydrogens is 428 g/mol. The van der Waals surface area contributed by atoms with Gasteiger partial charge >= 0.3 is 0 Å². The summed E-state index contributed by atoms with van der Waals surface area (Å²) in [5.74, 6) is 0.